The van der Waals surface area contributed by atoms with Crippen molar-refractivity contribution in [2.75, 3.05) is 34.4 Å². The molecular formula is C23H27BrN2O4. The predicted octanol–water partition coefficient (Wildman–Crippen LogP) is 3.52. The molecule has 1 saturated heterocycles. The van der Waals surface area contributed by atoms with Crippen LogP contribution in [0.5, 0.6) is 11.5 Å². The summed E-state index contributed by atoms with van der Waals surface area (Å²) >= 11 is 3.42. The fourth-order valence-corrected chi connectivity index (χ4v) is 3.97. The molecule has 160 valence electrons. The zero-order valence-electron chi connectivity index (χ0n) is 17.6. The molecule has 1 aliphatic heterocycles. The second kappa shape index (κ2) is 9.98. The lowest BCUT2D eigenvalue weighted by Gasteiger charge is -2.22. The fraction of sp³-hybridized carbons (Fsp3) is 0.391. The van der Waals surface area contributed by atoms with Crippen LogP contribution in [0.25, 0.3) is 0 Å². The molecule has 7 heteroatoms. The van der Waals surface area contributed by atoms with E-state index in [0.717, 1.165) is 15.6 Å². The van der Waals surface area contributed by atoms with Gasteiger partial charge in [-0.25, -0.2) is 0 Å². The van der Waals surface area contributed by atoms with Gasteiger partial charge in [-0.2, -0.15) is 0 Å². The van der Waals surface area contributed by atoms with Gasteiger partial charge in [-0.05, 0) is 41.8 Å². The van der Waals surface area contributed by atoms with Crippen molar-refractivity contribution in [2.45, 2.75) is 19.4 Å². The minimum absolute atomic E-state index is 0.0138. The van der Waals surface area contributed by atoms with E-state index in [1.165, 1.54) is 0 Å². The van der Waals surface area contributed by atoms with E-state index in [2.05, 4.69) is 15.9 Å². The molecule has 0 radical (unpaired) electrons. The van der Waals surface area contributed by atoms with Crippen LogP contribution >= 0.6 is 15.9 Å². The number of benzene rings is 2. The molecule has 1 aliphatic rings. The monoisotopic (exact) mass is 474 g/mol. The van der Waals surface area contributed by atoms with Gasteiger partial charge in [0.05, 0.1) is 20.1 Å². The van der Waals surface area contributed by atoms with Gasteiger partial charge in [-0.1, -0.05) is 34.1 Å². The molecule has 0 aromatic heterocycles. The number of carbonyl (C=O) groups excluding carboxylic acids is 2. The smallest absolute Gasteiger partial charge is 0.228 e. The molecule has 1 fully saturated rings. The maximum absolute atomic E-state index is 12.8. The third-order valence-corrected chi connectivity index (χ3v) is 5.92. The summed E-state index contributed by atoms with van der Waals surface area (Å²) < 4.78 is 11.6. The van der Waals surface area contributed by atoms with Crippen molar-refractivity contribution >= 4 is 27.7 Å². The summed E-state index contributed by atoms with van der Waals surface area (Å²) in [6.45, 7) is 1.58. The quantitative estimate of drug-likeness (QED) is 0.587. The number of amides is 2. The number of methoxy groups -OCH3 is 2. The number of rotatable bonds is 8. The Morgan fingerprint density at radius 1 is 1.10 bits per heavy atom. The normalized spacial score (nSPS) is 15.9. The van der Waals surface area contributed by atoms with Crippen LogP contribution in [-0.4, -0.2) is 56.0 Å². The minimum atomic E-state index is -0.289. The molecule has 1 heterocycles. The first kappa shape index (κ1) is 22.2. The van der Waals surface area contributed by atoms with Crippen molar-refractivity contribution in [3.05, 3.63) is 58.1 Å². The SMILES string of the molecule is COc1ccc(CCN2CC(C(=O)N(C)Cc3ccc(Br)cc3)CC2=O)cc1OC. The largest absolute Gasteiger partial charge is 0.493 e. The Kier molecular flexibility index (Phi) is 7.37. The highest BCUT2D eigenvalue weighted by atomic mass is 79.9. The summed E-state index contributed by atoms with van der Waals surface area (Å²) in [6, 6.07) is 13.7. The van der Waals surface area contributed by atoms with E-state index in [1.54, 1.807) is 31.1 Å². The Bertz CT molecular complexity index is 901. The van der Waals surface area contributed by atoms with Crippen molar-refractivity contribution < 1.29 is 19.1 Å². The molecule has 0 aliphatic carbocycles. The topological polar surface area (TPSA) is 59.1 Å². The van der Waals surface area contributed by atoms with Gasteiger partial charge in [0.25, 0.3) is 0 Å². The van der Waals surface area contributed by atoms with E-state index in [9.17, 15) is 9.59 Å². The number of nitrogens with zero attached hydrogens (tertiary/aromatic N) is 2. The molecule has 30 heavy (non-hydrogen) atoms. The zero-order chi connectivity index (χ0) is 21.7. The van der Waals surface area contributed by atoms with Crippen molar-refractivity contribution in [1.82, 2.24) is 9.80 Å². The van der Waals surface area contributed by atoms with Crippen LogP contribution in [0.2, 0.25) is 0 Å². The summed E-state index contributed by atoms with van der Waals surface area (Å²) in [4.78, 5) is 28.8. The molecule has 2 amide bonds. The highest BCUT2D eigenvalue weighted by Gasteiger charge is 2.35. The average molecular weight is 475 g/mol. The average Bonchev–Trinajstić information content (AvgIpc) is 3.13. The Labute approximate surface area is 185 Å². The zero-order valence-corrected chi connectivity index (χ0v) is 19.1. The van der Waals surface area contributed by atoms with E-state index >= 15 is 0 Å². The van der Waals surface area contributed by atoms with Gasteiger partial charge < -0.3 is 19.3 Å². The van der Waals surface area contributed by atoms with Crippen LogP contribution in [0.1, 0.15) is 17.5 Å². The molecule has 1 atom stereocenters. The summed E-state index contributed by atoms with van der Waals surface area (Å²) in [5.74, 6) is 1.11. The van der Waals surface area contributed by atoms with Crippen LogP contribution in [0.3, 0.4) is 0 Å². The Balaban J connectivity index is 1.55. The van der Waals surface area contributed by atoms with E-state index in [4.69, 9.17) is 9.47 Å². The lowest BCUT2D eigenvalue weighted by molar-refractivity contribution is -0.135. The minimum Gasteiger partial charge on any atom is -0.493 e. The molecule has 2 aromatic carbocycles. The number of halogens is 1. The molecule has 1 unspecified atom stereocenters. The highest BCUT2D eigenvalue weighted by molar-refractivity contribution is 9.10. The fourth-order valence-electron chi connectivity index (χ4n) is 3.71. The van der Waals surface area contributed by atoms with Crippen molar-refractivity contribution in [2.24, 2.45) is 5.92 Å². The second-order valence-corrected chi connectivity index (χ2v) is 8.42. The predicted molar refractivity (Wildman–Crippen MR) is 119 cm³/mol. The Hall–Kier alpha value is -2.54. The Morgan fingerprint density at radius 2 is 1.77 bits per heavy atom. The molecule has 3 rings (SSSR count). The Morgan fingerprint density at radius 3 is 2.43 bits per heavy atom. The summed E-state index contributed by atoms with van der Waals surface area (Å²) in [5, 5.41) is 0. The van der Waals surface area contributed by atoms with Gasteiger partial charge >= 0.3 is 0 Å². The molecule has 6 nitrogen and oxygen atoms in total. The molecule has 2 aromatic rings. The lowest BCUT2D eigenvalue weighted by atomic mass is 10.1. The third-order valence-electron chi connectivity index (χ3n) is 5.39. The maximum atomic E-state index is 12.8. The van der Waals surface area contributed by atoms with Crippen LogP contribution in [-0.2, 0) is 22.6 Å². The molecule has 0 N–H and O–H groups in total. The first-order chi connectivity index (χ1) is 14.4. The molecule has 0 bridgehead atoms. The van der Waals surface area contributed by atoms with E-state index in [0.29, 0.717) is 37.6 Å². The van der Waals surface area contributed by atoms with Crippen LogP contribution in [0.15, 0.2) is 46.9 Å². The third kappa shape index (κ3) is 5.33. The van der Waals surface area contributed by atoms with E-state index in [-0.39, 0.29) is 24.2 Å². The standard InChI is InChI=1S/C23H27BrN2O4/c1-25(14-17-4-7-19(24)8-5-17)23(28)18-13-22(27)26(15-18)11-10-16-6-9-20(29-2)21(12-16)30-3/h4-9,12,18H,10-11,13-15H2,1-3H3. The van der Waals surface area contributed by atoms with Gasteiger partial charge in [0, 0.05) is 37.6 Å². The molecular weight excluding hydrogens is 448 g/mol. The maximum Gasteiger partial charge on any atom is 0.228 e. The summed E-state index contributed by atoms with van der Waals surface area (Å²) in [7, 11) is 5.00. The summed E-state index contributed by atoms with van der Waals surface area (Å²) in [5.41, 5.74) is 2.12. The molecule has 0 spiro atoms. The van der Waals surface area contributed by atoms with E-state index < -0.39 is 0 Å². The van der Waals surface area contributed by atoms with Crippen LogP contribution in [0.4, 0.5) is 0 Å². The first-order valence-electron chi connectivity index (χ1n) is 9.89. The highest BCUT2D eigenvalue weighted by Crippen LogP contribution is 2.28. The van der Waals surface area contributed by atoms with Crippen LogP contribution < -0.4 is 9.47 Å². The van der Waals surface area contributed by atoms with E-state index in [1.807, 2.05) is 42.5 Å². The van der Waals surface area contributed by atoms with Gasteiger partial charge in [0.2, 0.25) is 11.8 Å². The number of ether oxygens (including phenoxy) is 2. The summed E-state index contributed by atoms with van der Waals surface area (Å²) in [6.07, 6.45) is 0.969. The second-order valence-electron chi connectivity index (χ2n) is 7.50. The van der Waals surface area contributed by atoms with Crippen molar-refractivity contribution in [1.29, 1.82) is 0 Å². The number of carbonyl (C=O) groups is 2. The van der Waals surface area contributed by atoms with Gasteiger partial charge in [-0.15, -0.1) is 0 Å². The van der Waals surface area contributed by atoms with Crippen molar-refractivity contribution in [3.63, 3.8) is 0 Å². The number of likely N-dealkylation sites (tertiary alicyclic amines) is 1. The lowest BCUT2D eigenvalue weighted by Crippen LogP contribution is -2.34. The number of hydrogen-bond donors (Lipinski definition) is 0. The first-order valence-corrected chi connectivity index (χ1v) is 10.7. The van der Waals surface area contributed by atoms with Gasteiger partial charge in [0.15, 0.2) is 11.5 Å². The van der Waals surface area contributed by atoms with Gasteiger partial charge in [0.1, 0.15) is 0 Å². The number of hydrogen-bond acceptors (Lipinski definition) is 4. The van der Waals surface area contributed by atoms with Gasteiger partial charge in [-0.3, -0.25) is 9.59 Å². The van der Waals surface area contributed by atoms with Crippen LogP contribution in [0, 0.1) is 5.92 Å². The van der Waals surface area contributed by atoms with Crippen molar-refractivity contribution in [3.8, 4) is 11.5 Å². The molecule has 0 saturated carbocycles.